The molecule has 4 heterocycles. The minimum absolute atomic E-state index is 0.0508. The number of fused-ring (bicyclic) bond motifs is 5. The lowest BCUT2D eigenvalue weighted by Gasteiger charge is -2.71. The Kier molecular flexibility index (Phi) is 18.1. The lowest BCUT2D eigenvalue weighted by Crippen LogP contribution is -2.68. The highest BCUT2D eigenvalue weighted by molar-refractivity contribution is 5.20. The maximum atomic E-state index is 12.8. The third-order valence-electron chi connectivity index (χ3n) is 20.5. The van der Waals surface area contributed by atoms with Crippen molar-refractivity contribution in [2.45, 2.75) is 248 Å². The van der Waals surface area contributed by atoms with Gasteiger partial charge in [-0.05, 0) is 124 Å². The smallest absolute Gasteiger partial charge is 0.187 e. The van der Waals surface area contributed by atoms with Gasteiger partial charge in [0, 0.05) is 0 Å². The molecule has 14 N–H and O–H groups in total. The molecule has 0 bridgehead atoms. The van der Waals surface area contributed by atoms with Crippen LogP contribution in [0.2, 0.25) is 0 Å². The molecule has 0 amide bonds. The number of hydrogen-bond donors (Lipinski definition) is 14. The third-order valence-corrected chi connectivity index (χ3v) is 20.5. The summed E-state index contributed by atoms with van der Waals surface area (Å²) in [6.07, 6.45) is -22.6. The fraction of sp³-hybridized carbons (Fsp3) is 0.962. The second-order valence-corrected chi connectivity index (χ2v) is 25.3. The van der Waals surface area contributed by atoms with E-state index in [0.29, 0.717) is 38.5 Å². The molecule has 434 valence electrons. The largest absolute Gasteiger partial charge is 0.394 e. The van der Waals surface area contributed by atoms with Gasteiger partial charge in [-0.2, -0.15) is 0 Å². The van der Waals surface area contributed by atoms with Gasteiger partial charge in [0.2, 0.25) is 0 Å². The van der Waals surface area contributed by atoms with E-state index in [-0.39, 0.29) is 41.1 Å². The van der Waals surface area contributed by atoms with Crippen LogP contribution in [0.5, 0.6) is 0 Å². The number of aliphatic hydroxyl groups is 14. The fourth-order valence-corrected chi connectivity index (χ4v) is 16.0. The van der Waals surface area contributed by atoms with Crippen LogP contribution in [0.4, 0.5) is 0 Å². The van der Waals surface area contributed by atoms with Crippen LogP contribution in [0, 0.1) is 45.3 Å². The van der Waals surface area contributed by atoms with E-state index in [0.717, 1.165) is 24.8 Å². The van der Waals surface area contributed by atoms with E-state index in [1.807, 2.05) is 20.8 Å². The van der Waals surface area contributed by atoms with Crippen molar-refractivity contribution in [1.82, 2.24) is 0 Å². The van der Waals surface area contributed by atoms with Crippen molar-refractivity contribution in [2.75, 3.05) is 26.4 Å². The third kappa shape index (κ3) is 10.6. The first-order chi connectivity index (χ1) is 35.1. The molecule has 0 aromatic rings. The van der Waals surface area contributed by atoms with Crippen molar-refractivity contribution < 1.29 is 109 Å². The summed E-state index contributed by atoms with van der Waals surface area (Å²) in [6, 6.07) is 0. The van der Waals surface area contributed by atoms with Crippen LogP contribution in [-0.2, 0) is 37.9 Å². The predicted octanol–water partition coefficient (Wildman–Crippen LogP) is -1.56. The van der Waals surface area contributed by atoms with Gasteiger partial charge in [-0.15, -0.1) is 0 Å². The predicted molar refractivity (Wildman–Crippen MR) is 260 cm³/mol. The van der Waals surface area contributed by atoms with Crippen molar-refractivity contribution in [1.29, 1.82) is 0 Å². The Balaban J connectivity index is 1.01. The zero-order valence-corrected chi connectivity index (χ0v) is 44.7. The van der Waals surface area contributed by atoms with Crippen LogP contribution in [0.15, 0.2) is 11.6 Å². The molecule has 8 rings (SSSR count). The highest BCUT2D eigenvalue weighted by atomic mass is 16.8. The van der Waals surface area contributed by atoms with E-state index in [1.165, 1.54) is 0 Å². The molecule has 8 aliphatic rings. The number of allylic oxidation sites excluding steroid dienone is 2. The van der Waals surface area contributed by atoms with Gasteiger partial charge < -0.3 is 109 Å². The Morgan fingerprint density at radius 1 is 0.587 bits per heavy atom. The highest BCUT2D eigenvalue weighted by Gasteiger charge is 2.72. The normalized spacial score (nSPS) is 52.7. The van der Waals surface area contributed by atoms with Crippen molar-refractivity contribution >= 4 is 0 Å². The lowest BCUT2D eigenvalue weighted by atomic mass is 9.35. The van der Waals surface area contributed by atoms with Gasteiger partial charge >= 0.3 is 0 Å². The van der Waals surface area contributed by atoms with E-state index < -0.39 is 165 Å². The summed E-state index contributed by atoms with van der Waals surface area (Å²) >= 11 is 0. The van der Waals surface area contributed by atoms with Crippen molar-refractivity contribution in [3.63, 3.8) is 0 Å². The number of rotatable bonds is 15. The Labute approximate surface area is 439 Å². The Morgan fingerprint density at radius 3 is 1.80 bits per heavy atom. The first kappa shape index (κ1) is 60.0. The van der Waals surface area contributed by atoms with Crippen LogP contribution in [0.25, 0.3) is 0 Å². The molecule has 4 saturated carbocycles. The van der Waals surface area contributed by atoms with E-state index in [1.54, 1.807) is 0 Å². The molecule has 4 saturated heterocycles. The van der Waals surface area contributed by atoms with Gasteiger partial charge in [0.15, 0.2) is 25.2 Å². The van der Waals surface area contributed by atoms with E-state index in [9.17, 15) is 71.5 Å². The number of ether oxygens (including phenoxy) is 8. The monoisotopic (exact) mass is 1080 g/mol. The molecule has 11 unspecified atom stereocenters. The van der Waals surface area contributed by atoms with Crippen molar-refractivity contribution in [3.05, 3.63) is 11.6 Å². The van der Waals surface area contributed by atoms with E-state index in [4.69, 9.17) is 37.9 Å². The molecule has 22 heteroatoms. The topological polar surface area (TPSA) is 357 Å². The van der Waals surface area contributed by atoms with Gasteiger partial charge in [0.1, 0.15) is 91.6 Å². The minimum atomic E-state index is -1.81. The summed E-state index contributed by atoms with van der Waals surface area (Å²) in [5.41, 5.74) is -1.48. The Hall–Kier alpha value is -1.14. The molecule has 0 aromatic heterocycles. The first-order valence-electron chi connectivity index (χ1n) is 27.3. The van der Waals surface area contributed by atoms with Crippen LogP contribution in [-0.4, -0.2) is 232 Å². The summed E-state index contributed by atoms with van der Waals surface area (Å²) in [7, 11) is 0. The first-order valence-corrected chi connectivity index (χ1v) is 27.3. The molecule has 8 fully saturated rings. The number of hydrogen-bond acceptors (Lipinski definition) is 22. The van der Waals surface area contributed by atoms with Gasteiger partial charge in [-0.1, -0.05) is 46.3 Å². The molecule has 22 nitrogen and oxygen atoms in total. The zero-order valence-electron chi connectivity index (χ0n) is 44.7. The van der Waals surface area contributed by atoms with Crippen LogP contribution in [0.1, 0.15) is 113 Å². The SMILES string of the molecule is CC(C)=CCC[C@](C)(O[C@@H]1OC(CO[C@@H]2OC[C@H](O)[C@H](O)C2O)[C@@H](O)[C@H](O)C1O)C1CC[C@]2(C)C1[C@H](O)CC1[C@@]3(C)CC[C@H](O[C@@H]4OC(CO)[C@@H](O)[C@H](O)C4O[C@@H]4OC(CO)[C@@H](O)[C@H](O)C4O)C(C)(C)C3CC[C@]12C. The van der Waals surface area contributed by atoms with Crippen molar-refractivity contribution in [3.8, 4) is 0 Å². The van der Waals surface area contributed by atoms with Crippen LogP contribution in [0.3, 0.4) is 0 Å². The Morgan fingerprint density at radius 2 is 1.16 bits per heavy atom. The molecule has 0 aromatic carbocycles. The fourth-order valence-electron chi connectivity index (χ4n) is 16.0. The quantitative estimate of drug-likeness (QED) is 0.0651. The molecule has 0 spiro atoms. The van der Waals surface area contributed by atoms with Gasteiger partial charge in [0.05, 0.1) is 44.2 Å². The zero-order chi connectivity index (χ0) is 55.1. The van der Waals surface area contributed by atoms with Gasteiger partial charge in [0.25, 0.3) is 0 Å². The highest BCUT2D eigenvalue weighted by Crippen LogP contribution is 2.76. The second-order valence-electron chi connectivity index (χ2n) is 25.3. The standard InChI is InChI=1S/C53H90O22/c1-23(2)10-9-14-53(8,75-47-43(67)39(63)37(61)29(72-47)22-69-45-41(65)34(58)26(57)21-68-45)24-11-16-52(7)33(24)25(56)18-31-50(5)15-13-32(49(3,4)30(50)12-17-51(31,52)6)73-48-44(40(64)36(60)28(20-55)71-48)74-46-42(66)38(62)35(59)27(19-54)70-46/h10,24-48,54-67H,9,11-22H2,1-8H3/t24?,25-,26+,27?,28?,29?,30?,31?,32+,33?,34+,35-,36-,37-,38+,39+,40+,41?,42?,43?,44?,45+,46+,47+,48+,50+,51-,52-,53+/m1/s1. The average Bonchev–Trinajstić information content (AvgIpc) is 3.75. The molecular weight excluding hydrogens is 989 g/mol. The lowest BCUT2D eigenvalue weighted by molar-refractivity contribution is -0.378. The summed E-state index contributed by atoms with van der Waals surface area (Å²) in [6.45, 7) is 15.1. The maximum absolute atomic E-state index is 12.8. The minimum Gasteiger partial charge on any atom is -0.394 e. The summed E-state index contributed by atoms with van der Waals surface area (Å²) < 4.78 is 48.8. The molecule has 0 radical (unpaired) electrons. The van der Waals surface area contributed by atoms with Gasteiger partial charge in [-0.25, -0.2) is 0 Å². The number of aliphatic hydroxyl groups excluding tert-OH is 14. The molecule has 4 aliphatic heterocycles. The van der Waals surface area contributed by atoms with Crippen LogP contribution >= 0.6 is 0 Å². The summed E-state index contributed by atoms with van der Waals surface area (Å²) in [5.74, 6) is -0.395. The van der Waals surface area contributed by atoms with Crippen LogP contribution < -0.4 is 0 Å². The molecule has 4 aliphatic carbocycles. The molecular formula is C53H90O22. The second kappa shape index (κ2) is 22.7. The Bertz CT molecular complexity index is 1940. The van der Waals surface area contributed by atoms with E-state index >= 15 is 0 Å². The average molecular weight is 1080 g/mol. The maximum Gasteiger partial charge on any atom is 0.187 e. The molecule has 29 atom stereocenters. The summed E-state index contributed by atoms with van der Waals surface area (Å²) in [5, 5.41) is 151. The summed E-state index contributed by atoms with van der Waals surface area (Å²) in [4.78, 5) is 0. The molecule has 75 heavy (non-hydrogen) atoms. The van der Waals surface area contributed by atoms with Crippen molar-refractivity contribution in [2.24, 2.45) is 45.3 Å². The van der Waals surface area contributed by atoms with E-state index in [2.05, 4.69) is 40.7 Å². The van der Waals surface area contributed by atoms with Gasteiger partial charge in [-0.3, -0.25) is 0 Å².